The van der Waals surface area contributed by atoms with E-state index in [1.807, 2.05) is 0 Å². The Morgan fingerprint density at radius 2 is 2.29 bits per heavy atom. The molecule has 1 unspecified atom stereocenters. The quantitative estimate of drug-likeness (QED) is 0.754. The van der Waals surface area contributed by atoms with Crippen molar-refractivity contribution in [3.63, 3.8) is 0 Å². The van der Waals surface area contributed by atoms with Crippen molar-refractivity contribution in [2.24, 2.45) is 0 Å². The van der Waals surface area contributed by atoms with Crippen molar-refractivity contribution >= 4 is 60.5 Å². The molecule has 0 bridgehead atoms. The Balaban J connectivity index is 2.36. The van der Waals surface area contributed by atoms with Crippen LogP contribution in [0.15, 0.2) is 14.1 Å². The summed E-state index contributed by atoms with van der Waals surface area (Å²) >= 11 is 16.0. The number of alkyl halides is 1. The minimum atomic E-state index is -3.45. The van der Waals surface area contributed by atoms with Crippen LogP contribution >= 0.6 is 50.5 Å². The molecule has 0 amide bonds. The number of hydrogen-bond donors (Lipinski definition) is 0. The van der Waals surface area contributed by atoms with Crippen LogP contribution in [0.25, 0.3) is 0 Å². The summed E-state index contributed by atoms with van der Waals surface area (Å²) in [6, 6.07) is 1.39. The first-order chi connectivity index (χ1) is 7.96. The lowest BCUT2D eigenvalue weighted by atomic mass is 10.3. The van der Waals surface area contributed by atoms with Gasteiger partial charge in [-0.3, -0.25) is 0 Å². The van der Waals surface area contributed by atoms with Crippen LogP contribution in [0.3, 0.4) is 0 Å². The molecule has 1 aliphatic rings. The highest BCUT2D eigenvalue weighted by molar-refractivity contribution is 9.11. The number of thiophene rings is 1. The normalized spacial score (nSPS) is 22.2. The van der Waals surface area contributed by atoms with E-state index < -0.39 is 10.0 Å². The smallest absolute Gasteiger partial charge is 0.206 e. The van der Waals surface area contributed by atoms with Crippen LogP contribution in [0, 0.1) is 0 Å². The predicted molar refractivity (Wildman–Crippen MR) is 74.7 cm³/mol. The molecular formula is C9H10BrCl2NO2S2. The molecule has 8 heteroatoms. The first-order valence-corrected chi connectivity index (χ1v) is 8.95. The predicted octanol–water partition coefficient (Wildman–Crippen LogP) is 3.56. The van der Waals surface area contributed by atoms with E-state index in [1.165, 1.54) is 10.4 Å². The molecule has 1 fully saturated rings. The summed E-state index contributed by atoms with van der Waals surface area (Å²) in [7, 11) is -3.45. The van der Waals surface area contributed by atoms with Gasteiger partial charge in [-0.25, -0.2) is 8.42 Å². The molecule has 1 aromatic heterocycles. The minimum Gasteiger partial charge on any atom is -0.206 e. The number of halogens is 3. The second-order valence-corrected chi connectivity index (χ2v) is 8.96. The Hall–Kier alpha value is 0.670. The van der Waals surface area contributed by atoms with Gasteiger partial charge in [-0.1, -0.05) is 11.6 Å². The molecule has 0 radical (unpaired) electrons. The van der Waals surface area contributed by atoms with Crippen LogP contribution in [-0.4, -0.2) is 31.2 Å². The lowest BCUT2D eigenvalue weighted by Gasteiger charge is -2.21. The van der Waals surface area contributed by atoms with Gasteiger partial charge in [0.25, 0.3) is 10.0 Å². The summed E-state index contributed by atoms with van der Waals surface area (Å²) in [6.45, 7) is 0.535. The van der Waals surface area contributed by atoms with E-state index in [-0.39, 0.29) is 10.3 Å². The second-order valence-electron chi connectivity index (χ2n) is 3.75. The molecule has 1 atom stereocenters. The summed E-state index contributed by atoms with van der Waals surface area (Å²) in [5.41, 5.74) is 0. The van der Waals surface area contributed by atoms with E-state index in [9.17, 15) is 8.42 Å². The van der Waals surface area contributed by atoms with Gasteiger partial charge in [0.15, 0.2) is 0 Å². The van der Waals surface area contributed by atoms with Crippen LogP contribution in [-0.2, 0) is 10.0 Å². The highest BCUT2D eigenvalue weighted by Crippen LogP contribution is 2.37. The van der Waals surface area contributed by atoms with E-state index in [4.69, 9.17) is 23.2 Å². The Labute approximate surface area is 123 Å². The molecule has 96 valence electrons. The van der Waals surface area contributed by atoms with Crippen LogP contribution in [0.4, 0.5) is 0 Å². The van der Waals surface area contributed by atoms with Crippen molar-refractivity contribution in [3.05, 3.63) is 14.9 Å². The molecule has 17 heavy (non-hydrogen) atoms. The summed E-state index contributed by atoms with van der Waals surface area (Å²) < 4.78 is 27.1. The maximum absolute atomic E-state index is 12.4. The first-order valence-electron chi connectivity index (χ1n) is 4.99. The molecule has 2 rings (SSSR count). The molecule has 0 N–H and O–H groups in total. The molecule has 2 heterocycles. The number of nitrogens with zero attached hydrogens (tertiary/aromatic N) is 1. The van der Waals surface area contributed by atoms with E-state index in [0.717, 1.165) is 24.2 Å². The van der Waals surface area contributed by atoms with Gasteiger partial charge in [0, 0.05) is 18.5 Å². The number of sulfonamides is 1. The van der Waals surface area contributed by atoms with Gasteiger partial charge >= 0.3 is 0 Å². The zero-order valence-corrected chi connectivity index (χ0v) is 13.4. The maximum atomic E-state index is 12.4. The van der Waals surface area contributed by atoms with Crippen LogP contribution < -0.4 is 0 Å². The van der Waals surface area contributed by atoms with Crippen molar-refractivity contribution < 1.29 is 8.42 Å². The van der Waals surface area contributed by atoms with Gasteiger partial charge in [-0.2, -0.15) is 4.31 Å². The van der Waals surface area contributed by atoms with E-state index in [2.05, 4.69) is 15.9 Å². The van der Waals surface area contributed by atoms with Gasteiger partial charge in [-0.15, -0.1) is 22.9 Å². The van der Waals surface area contributed by atoms with Crippen molar-refractivity contribution in [1.82, 2.24) is 4.31 Å². The van der Waals surface area contributed by atoms with Gasteiger partial charge in [0.2, 0.25) is 0 Å². The summed E-state index contributed by atoms with van der Waals surface area (Å²) in [6.07, 6.45) is 1.68. The lowest BCUT2D eigenvalue weighted by Crippen LogP contribution is -2.36. The summed E-state index contributed by atoms with van der Waals surface area (Å²) in [4.78, 5) is 0. The van der Waals surface area contributed by atoms with Crippen molar-refractivity contribution in [2.45, 2.75) is 23.1 Å². The van der Waals surface area contributed by atoms with E-state index in [0.29, 0.717) is 21.2 Å². The Bertz CT molecular complexity index is 498. The van der Waals surface area contributed by atoms with Gasteiger partial charge in [0.05, 0.1) is 8.81 Å². The zero-order valence-electron chi connectivity index (χ0n) is 8.70. The monoisotopic (exact) mass is 377 g/mol. The van der Waals surface area contributed by atoms with Gasteiger partial charge < -0.3 is 0 Å². The summed E-state index contributed by atoms with van der Waals surface area (Å²) in [5, 5.41) is 0.426. The fraction of sp³-hybridized carbons (Fsp3) is 0.556. The second kappa shape index (κ2) is 5.35. The average molecular weight is 379 g/mol. The SMILES string of the molecule is O=S(=O)(c1cc(Cl)c(Br)s1)N1CCCC1CCl. The van der Waals surface area contributed by atoms with Gasteiger partial charge in [-0.05, 0) is 34.8 Å². The Kier molecular flexibility index (Phi) is 4.43. The Morgan fingerprint density at radius 3 is 2.82 bits per heavy atom. The topological polar surface area (TPSA) is 37.4 Å². The van der Waals surface area contributed by atoms with Crippen LogP contribution in [0.1, 0.15) is 12.8 Å². The third-order valence-corrected chi connectivity index (χ3v) is 7.92. The van der Waals surface area contributed by atoms with E-state index >= 15 is 0 Å². The molecule has 1 saturated heterocycles. The molecular weight excluding hydrogens is 369 g/mol. The van der Waals surface area contributed by atoms with Gasteiger partial charge in [0.1, 0.15) is 4.21 Å². The molecule has 0 aliphatic carbocycles. The van der Waals surface area contributed by atoms with Crippen molar-refractivity contribution in [3.8, 4) is 0 Å². The molecule has 0 aromatic carbocycles. The Morgan fingerprint density at radius 1 is 1.59 bits per heavy atom. The molecule has 3 nitrogen and oxygen atoms in total. The average Bonchev–Trinajstić information content (AvgIpc) is 2.86. The fourth-order valence-electron chi connectivity index (χ4n) is 1.85. The lowest BCUT2D eigenvalue weighted by molar-refractivity contribution is 0.412. The molecule has 1 aromatic rings. The maximum Gasteiger partial charge on any atom is 0.252 e. The third-order valence-electron chi connectivity index (χ3n) is 2.69. The molecule has 1 aliphatic heterocycles. The van der Waals surface area contributed by atoms with Crippen molar-refractivity contribution in [2.75, 3.05) is 12.4 Å². The number of rotatable bonds is 3. The van der Waals surface area contributed by atoms with Crippen molar-refractivity contribution in [1.29, 1.82) is 0 Å². The molecule has 0 saturated carbocycles. The summed E-state index contributed by atoms with van der Waals surface area (Å²) in [5.74, 6) is 0.333. The van der Waals surface area contributed by atoms with Crippen LogP contribution in [0.2, 0.25) is 5.02 Å². The highest BCUT2D eigenvalue weighted by atomic mass is 79.9. The first kappa shape index (κ1) is 14.1. The highest BCUT2D eigenvalue weighted by Gasteiger charge is 2.35. The van der Waals surface area contributed by atoms with E-state index in [1.54, 1.807) is 0 Å². The fourth-order valence-corrected chi connectivity index (χ4v) is 6.47. The largest absolute Gasteiger partial charge is 0.252 e. The number of hydrogen-bond acceptors (Lipinski definition) is 3. The minimum absolute atomic E-state index is 0.0960. The van der Waals surface area contributed by atoms with Crippen LogP contribution in [0.5, 0.6) is 0 Å². The zero-order chi connectivity index (χ0) is 12.6. The third kappa shape index (κ3) is 2.67. The standard InChI is InChI=1S/C9H10BrCl2NO2S2/c10-9-7(12)4-8(16-9)17(14,15)13-3-1-2-6(13)5-11/h4,6H,1-3,5H2. The molecule has 0 spiro atoms.